The van der Waals surface area contributed by atoms with Crippen molar-refractivity contribution in [2.75, 3.05) is 0 Å². The maximum absolute atomic E-state index is 10.2. The second-order valence-corrected chi connectivity index (χ2v) is 3.04. The normalized spacial score (nSPS) is 9.75. The predicted molar refractivity (Wildman–Crippen MR) is 45.7 cm³/mol. The second-order valence-electron chi connectivity index (χ2n) is 2.22. The van der Waals surface area contributed by atoms with Crippen molar-refractivity contribution in [1.29, 1.82) is 0 Å². The summed E-state index contributed by atoms with van der Waals surface area (Å²) in [5, 5.41) is 8.37. The summed E-state index contributed by atoms with van der Waals surface area (Å²) in [5.41, 5.74) is 0.695. The molecule has 0 amide bonds. The Morgan fingerprint density at radius 3 is 2.75 bits per heavy atom. The Hall–Kier alpha value is -0.970. The number of hydrogen-bond acceptors (Lipinski definition) is 3. The molecule has 0 radical (unpaired) electrons. The molecule has 1 aromatic heterocycles. The number of aryl methyl sites for hydroxylation is 1. The molecule has 0 aliphatic carbocycles. The zero-order valence-electron chi connectivity index (χ0n) is 6.20. The first-order valence-corrected chi connectivity index (χ1v) is 4.16. The van der Waals surface area contributed by atoms with E-state index < -0.39 is 5.97 Å². The van der Waals surface area contributed by atoms with Crippen molar-refractivity contribution >= 4 is 21.9 Å². The summed E-state index contributed by atoms with van der Waals surface area (Å²) < 4.78 is 0.654. The van der Waals surface area contributed by atoms with E-state index in [1.165, 1.54) is 0 Å². The van der Waals surface area contributed by atoms with Crippen molar-refractivity contribution in [2.45, 2.75) is 12.8 Å². The predicted octanol–water partition coefficient (Wildman–Crippen LogP) is 1.26. The highest BCUT2D eigenvalue weighted by Crippen LogP contribution is 2.04. The number of halogens is 1. The van der Waals surface area contributed by atoms with Gasteiger partial charge in [-0.25, -0.2) is 4.98 Å². The van der Waals surface area contributed by atoms with Gasteiger partial charge in [-0.1, -0.05) is 0 Å². The zero-order chi connectivity index (χ0) is 8.97. The van der Waals surface area contributed by atoms with E-state index in [-0.39, 0.29) is 6.42 Å². The van der Waals surface area contributed by atoms with Gasteiger partial charge < -0.3 is 5.11 Å². The molecule has 0 bridgehead atoms. The Kier molecular flexibility index (Phi) is 3.16. The van der Waals surface area contributed by atoms with Crippen molar-refractivity contribution in [3.8, 4) is 0 Å². The van der Waals surface area contributed by atoms with Crippen LogP contribution in [0, 0.1) is 0 Å². The summed E-state index contributed by atoms with van der Waals surface area (Å²) in [4.78, 5) is 18.1. The molecule has 1 N–H and O–H groups in total. The summed E-state index contributed by atoms with van der Waals surface area (Å²) >= 11 is 3.14. The fraction of sp³-hybridized carbons (Fsp3) is 0.286. The highest BCUT2D eigenvalue weighted by molar-refractivity contribution is 9.10. The summed E-state index contributed by atoms with van der Waals surface area (Å²) in [6.07, 6.45) is 3.64. The maximum atomic E-state index is 10.2. The number of aromatic nitrogens is 2. The molecule has 5 heteroatoms. The van der Waals surface area contributed by atoms with Gasteiger partial charge in [-0.05, 0) is 15.9 Å². The molecule has 1 heterocycles. The fourth-order valence-electron chi connectivity index (χ4n) is 0.703. The third kappa shape index (κ3) is 2.96. The molecule has 0 saturated carbocycles. The molecule has 0 aromatic carbocycles. The van der Waals surface area contributed by atoms with Crippen LogP contribution >= 0.6 is 15.9 Å². The lowest BCUT2D eigenvalue weighted by Crippen LogP contribution is -1.99. The standard InChI is InChI=1S/C7H7BrN2O2/c8-6-4-9-5(3-10-6)1-2-7(11)12/h3-4H,1-2H2,(H,11,12). The number of aliphatic carboxylic acids is 1. The Balaban J connectivity index is 2.53. The molecule has 0 fully saturated rings. The van der Waals surface area contributed by atoms with Gasteiger partial charge >= 0.3 is 5.97 Å². The molecular weight excluding hydrogens is 224 g/mol. The van der Waals surface area contributed by atoms with Crippen molar-refractivity contribution in [2.24, 2.45) is 0 Å². The third-order valence-corrected chi connectivity index (χ3v) is 1.68. The highest BCUT2D eigenvalue weighted by atomic mass is 79.9. The van der Waals surface area contributed by atoms with Gasteiger partial charge in [0.1, 0.15) is 4.60 Å². The number of carboxylic acids is 1. The lowest BCUT2D eigenvalue weighted by atomic mass is 10.2. The van der Waals surface area contributed by atoms with E-state index in [9.17, 15) is 4.79 Å². The summed E-state index contributed by atoms with van der Waals surface area (Å²) in [6.45, 7) is 0. The minimum absolute atomic E-state index is 0.0936. The SMILES string of the molecule is O=C(O)CCc1cnc(Br)cn1. The maximum Gasteiger partial charge on any atom is 0.303 e. The van der Waals surface area contributed by atoms with Gasteiger partial charge in [0.25, 0.3) is 0 Å². The zero-order valence-corrected chi connectivity index (χ0v) is 7.78. The van der Waals surface area contributed by atoms with Crippen LogP contribution < -0.4 is 0 Å². The van der Waals surface area contributed by atoms with E-state index in [0.717, 1.165) is 0 Å². The number of carboxylic acid groups (broad SMARTS) is 1. The van der Waals surface area contributed by atoms with Crippen molar-refractivity contribution < 1.29 is 9.90 Å². The average Bonchev–Trinajstić information content (AvgIpc) is 2.03. The lowest BCUT2D eigenvalue weighted by Gasteiger charge is -1.95. The largest absolute Gasteiger partial charge is 0.481 e. The molecule has 4 nitrogen and oxygen atoms in total. The molecule has 0 unspecified atom stereocenters. The average molecular weight is 231 g/mol. The van der Waals surface area contributed by atoms with E-state index in [1.54, 1.807) is 12.4 Å². The Bertz CT molecular complexity index is 273. The van der Waals surface area contributed by atoms with E-state index in [1.807, 2.05) is 0 Å². The van der Waals surface area contributed by atoms with Crippen LogP contribution in [0.4, 0.5) is 0 Å². The van der Waals surface area contributed by atoms with Crippen LogP contribution in [-0.4, -0.2) is 21.0 Å². The molecular formula is C7H7BrN2O2. The second kappa shape index (κ2) is 4.15. The molecule has 1 aromatic rings. The highest BCUT2D eigenvalue weighted by Gasteiger charge is 1.99. The first-order valence-electron chi connectivity index (χ1n) is 3.36. The summed E-state index contributed by atoms with van der Waals surface area (Å²) in [7, 11) is 0. The molecule has 0 saturated heterocycles. The minimum Gasteiger partial charge on any atom is -0.481 e. The van der Waals surface area contributed by atoms with Gasteiger partial charge in [0.15, 0.2) is 0 Å². The molecule has 64 valence electrons. The first-order chi connectivity index (χ1) is 5.68. The van der Waals surface area contributed by atoms with Crippen LogP contribution in [-0.2, 0) is 11.2 Å². The molecule has 0 atom stereocenters. The number of nitrogens with zero attached hydrogens (tertiary/aromatic N) is 2. The van der Waals surface area contributed by atoms with Crippen LogP contribution in [0.15, 0.2) is 17.0 Å². The third-order valence-electron chi connectivity index (χ3n) is 1.27. The number of carbonyl (C=O) groups is 1. The number of rotatable bonds is 3. The summed E-state index contributed by atoms with van der Waals surface area (Å²) in [5.74, 6) is -0.820. The Morgan fingerprint density at radius 2 is 2.25 bits per heavy atom. The van der Waals surface area contributed by atoms with Crippen molar-refractivity contribution in [3.05, 3.63) is 22.7 Å². The topological polar surface area (TPSA) is 63.1 Å². The van der Waals surface area contributed by atoms with Crippen molar-refractivity contribution in [3.63, 3.8) is 0 Å². The minimum atomic E-state index is -0.820. The van der Waals surface area contributed by atoms with Gasteiger partial charge in [-0.3, -0.25) is 9.78 Å². The van der Waals surface area contributed by atoms with E-state index in [0.29, 0.717) is 16.7 Å². The Labute approximate surface area is 77.8 Å². The van der Waals surface area contributed by atoms with E-state index >= 15 is 0 Å². The number of hydrogen-bond donors (Lipinski definition) is 1. The van der Waals surface area contributed by atoms with Gasteiger partial charge in [0.05, 0.1) is 18.3 Å². The van der Waals surface area contributed by atoms with Gasteiger partial charge in [-0.15, -0.1) is 0 Å². The molecule has 0 aliphatic heterocycles. The lowest BCUT2D eigenvalue weighted by molar-refractivity contribution is -0.136. The molecule has 1 rings (SSSR count). The van der Waals surface area contributed by atoms with Crippen LogP contribution in [0.1, 0.15) is 12.1 Å². The molecule has 12 heavy (non-hydrogen) atoms. The van der Waals surface area contributed by atoms with Gasteiger partial charge in [0, 0.05) is 12.6 Å². The first kappa shape index (κ1) is 9.12. The Morgan fingerprint density at radius 1 is 1.50 bits per heavy atom. The van der Waals surface area contributed by atoms with E-state index in [4.69, 9.17) is 5.11 Å². The monoisotopic (exact) mass is 230 g/mol. The van der Waals surface area contributed by atoms with Crippen LogP contribution in [0.5, 0.6) is 0 Å². The molecule has 0 spiro atoms. The fourth-order valence-corrected chi connectivity index (χ4v) is 0.908. The summed E-state index contributed by atoms with van der Waals surface area (Å²) in [6, 6.07) is 0. The van der Waals surface area contributed by atoms with Gasteiger partial charge in [-0.2, -0.15) is 0 Å². The van der Waals surface area contributed by atoms with E-state index in [2.05, 4.69) is 25.9 Å². The van der Waals surface area contributed by atoms with Crippen LogP contribution in [0.3, 0.4) is 0 Å². The molecule has 0 aliphatic rings. The smallest absolute Gasteiger partial charge is 0.303 e. The van der Waals surface area contributed by atoms with Crippen molar-refractivity contribution in [1.82, 2.24) is 9.97 Å². The van der Waals surface area contributed by atoms with Gasteiger partial charge in [0.2, 0.25) is 0 Å². The quantitative estimate of drug-likeness (QED) is 0.850. The van der Waals surface area contributed by atoms with Crippen LogP contribution in [0.2, 0.25) is 0 Å². The van der Waals surface area contributed by atoms with Crippen LogP contribution in [0.25, 0.3) is 0 Å².